The standard InChI is InChI=1S/C14H22F2N2O2S/c1-13(2,3)8-14(4,5)18-21(19,20)12-7-11(17)9(15)6-10(12)16/h6-7,18H,8,17H2,1-5H3. The Bertz CT molecular complexity index is 635. The van der Waals surface area contributed by atoms with Gasteiger partial charge in [-0.3, -0.25) is 0 Å². The lowest BCUT2D eigenvalue weighted by Crippen LogP contribution is -2.45. The number of hydrogen-bond acceptors (Lipinski definition) is 3. The Morgan fingerprint density at radius 3 is 2.10 bits per heavy atom. The van der Waals surface area contributed by atoms with Crippen LogP contribution in [0, 0.1) is 17.0 Å². The van der Waals surface area contributed by atoms with Crippen LogP contribution in [0.4, 0.5) is 14.5 Å². The van der Waals surface area contributed by atoms with Gasteiger partial charge in [-0.25, -0.2) is 21.9 Å². The first kappa shape index (κ1) is 17.8. The fourth-order valence-corrected chi connectivity index (χ4v) is 4.04. The summed E-state index contributed by atoms with van der Waals surface area (Å²) >= 11 is 0. The fraction of sp³-hybridized carbons (Fsp3) is 0.571. The van der Waals surface area contributed by atoms with Crippen molar-refractivity contribution >= 4 is 15.7 Å². The number of anilines is 1. The topological polar surface area (TPSA) is 72.2 Å². The van der Waals surface area contributed by atoms with Crippen LogP contribution in [0.1, 0.15) is 41.0 Å². The number of nitrogens with two attached hydrogens (primary N) is 1. The molecule has 0 unspecified atom stereocenters. The second-order valence-electron chi connectivity index (χ2n) is 7.03. The molecule has 0 aromatic heterocycles. The van der Waals surface area contributed by atoms with Crippen LogP contribution in [0.2, 0.25) is 0 Å². The lowest BCUT2D eigenvalue weighted by Gasteiger charge is -2.33. The highest BCUT2D eigenvalue weighted by molar-refractivity contribution is 7.89. The SMILES string of the molecule is CC(C)(C)CC(C)(C)NS(=O)(=O)c1cc(N)c(F)cc1F. The van der Waals surface area contributed by atoms with Crippen molar-refractivity contribution in [1.29, 1.82) is 0 Å². The Kier molecular flexibility index (Phi) is 4.70. The van der Waals surface area contributed by atoms with Crippen LogP contribution >= 0.6 is 0 Å². The Labute approximate surface area is 124 Å². The molecule has 0 heterocycles. The molecule has 0 atom stereocenters. The molecule has 4 nitrogen and oxygen atoms in total. The molecule has 7 heteroatoms. The lowest BCUT2D eigenvalue weighted by molar-refractivity contribution is 0.269. The minimum atomic E-state index is -4.13. The first-order valence-corrected chi connectivity index (χ1v) is 8.00. The number of nitrogen functional groups attached to an aromatic ring is 1. The highest BCUT2D eigenvalue weighted by Gasteiger charge is 2.32. The van der Waals surface area contributed by atoms with Crippen molar-refractivity contribution in [3.63, 3.8) is 0 Å². The molecule has 120 valence electrons. The summed E-state index contributed by atoms with van der Waals surface area (Å²) in [5, 5.41) is 0. The van der Waals surface area contributed by atoms with Gasteiger partial charge in [0.2, 0.25) is 10.0 Å². The van der Waals surface area contributed by atoms with E-state index in [0.717, 1.165) is 6.07 Å². The zero-order valence-corrected chi connectivity index (χ0v) is 13.7. The molecule has 3 N–H and O–H groups in total. The molecule has 0 aliphatic rings. The quantitative estimate of drug-likeness (QED) is 0.838. The average molecular weight is 320 g/mol. The van der Waals surface area contributed by atoms with Crippen molar-refractivity contribution in [2.24, 2.45) is 5.41 Å². The molecule has 0 amide bonds. The molecule has 1 rings (SSSR count). The Balaban J connectivity index is 3.16. The molecule has 0 fully saturated rings. The maximum absolute atomic E-state index is 13.7. The van der Waals surface area contributed by atoms with Gasteiger partial charge < -0.3 is 5.73 Å². The predicted octanol–water partition coefficient (Wildman–Crippen LogP) is 3.04. The number of nitrogens with one attached hydrogen (secondary N) is 1. The summed E-state index contributed by atoms with van der Waals surface area (Å²) < 4.78 is 53.9. The first-order chi connectivity index (χ1) is 9.23. The third kappa shape index (κ3) is 4.93. The van der Waals surface area contributed by atoms with E-state index in [1.54, 1.807) is 13.8 Å². The maximum atomic E-state index is 13.7. The Morgan fingerprint density at radius 1 is 1.10 bits per heavy atom. The molecule has 0 aliphatic heterocycles. The first-order valence-electron chi connectivity index (χ1n) is 6.52. The molecular weight excluding hydrogens is 298 g/mol. The molecule has 0 radical (unpaired) electrons. The van der Waals surface area contributed by atoms with Gasteiger partial charge in [0.1, 0.15) is 16.5 Å². The van der Waals surface area contributed by atoms with E-state index in [2.05, 4.69) is 4.72 Å². The normalized spacial score (nSPS) is 13.5. The fourth-order valence-electron chi connectivity index (χ4n) is 2.53. The lowest BCUT2D eigenvalue weighted by atomic mass is 9.82. The van der Waals surface area contributed by atoms with Crippen LogP contribution in [0.3, 0.4) is 0 Å². The molecule has 0 saturated carbocycles. The summed E-state index contributed by atoms with van der Waals surface area (Å²) in [4.78, 5) is -0.650. The van der Waals surface area contributed by atoms with Gasteiger partial charge >= 0.3 is 0 Å². The monoisotopic (exact) mass is 320 g/mol. The summed E-state index contributed by atoms with van der Waals surface area (Å²) in [5.74, 6) is -2.15. The summed E-state index contributed by atoms with van der Waals surface area (Å²) in [6, 6.07) is 1.26. The second-order valence-corrected chi connectivity index (χ2v) is 8.68. The van der Waals surface area contributed by atoms with E-state index < -0.39 is 37.8 Å². The summed E-state index contributed by atoms with van der Waals surface area (Å²) in [7, 11) is -4.13. The van der Waals surface area contributed by atoms with E-state index in [-0.39, 0.29) is 5.41 Å². The van der Waals surface area contributed by atoms with Crippen LogP contribution in [0.15, 0.2) is 17.0 Å². The summed E-state index contributed by atoms with van der Waals surface area (Å²) in [5.41, 5.74) is 4.00. The number of benzene rings is 1. The van der Waals surface area contributed by atoms with Gasteiger partial charge in [0.25, 0.3) is 0 Å². The third-order valence-electron chi connectivity index (χ3n) is 2.72. The van der Waals surface area contributed by atoms with E-state index in [4.69, 9.17) is 5.73 Å². The molecule has 0 saturated heterocycles. The van der Waals surface area contributed by atoms with Crippen molar-refractivity contribution in [2.45, 2.75) is 51.5 Å². The summed E-state index contributed by atoms with van der Waals surface area (Å²) in [6.45, 7) is 9.33. The third-order valence-corrected chi connectivity index (χ3v) is 4.44. The summed E-state index contributed by atoms with van der Waals surface area (Å²) in [6.07, 6.45) is 0.539. The van der Waals surface area contributed by atoms with Gasteiger partial charge in [0, 0.05) is 11.6 Å². The Hall–Kier alpha value is -1.21. The molecule has 0 bridgehead atoms. The highest BCUT2D eigenvalue weighted by atomic mass is 32.2. The van der Waals surface area contributed by atoms with Crippen LogP contribution in [0.25, 0.3) is 0 Å². The molecule has 1 aromatic carbocycles. The zero-order chi connectivity index (χ0) is 16.6. The van der Waals surface area contributed by atoms with Gasteiger partial charge in [-0.05, 0) is 31.7 Å². The van der Waals surface area contributed by atoms with Crippen molar-refractivity contribution in [1.82, 2.24) is 4.72 Å². The van der Waals surface area contributed by atoms with Crippen molar-refractivity contribution in [3.8, 4) is 0 Å². The highest BCUT2D eigenvalue weighted by Crippen LogP contribution is 2.29. The molecule has 0 aliphatic carbocycles. The van der Waals surface area contributed by atoms with Gasteiger partial charge in [0.05, 0.1) is 5.69 Å². The van der Waals surface area contributed by atoms with Crippen LogP contribution in [0.5, 0.6) is 0 Å². The number of hydrogen-bond donors (Lipinski definition) is 2. The smallest absolute Gasteiger partial charge is 0.244 e. The van der Waals surface area contributed by atoms with E-state index in [1.165, 1.54) is 0 Å². The average Bonchev–Trinajstić information content (AvgIpc) is 2.17. The van der Waals surface area contributed by atoms with Crippen LogP contribution in [-0.2, 0) is 10.0 Å². The van der Waals surface area contributed by atoms with Crippen molar-refractivity contribution in [3.05, 3.63) is 23.8 Å². The van der Waals surface area contributed by atoms with Crippen LogP contribution < -0.4 is 10.5 Å². The largest absolute Gasteiger partial charge is 0.396 e. The molecular formula is C14H22F2N2O2S. The number of halogens is 2. The van der Waals surface area contributed by atoms with Gasteiger partial charge in [-0.15, -0.1) is 0 Å². The Morgan fingerprint density at radius 2 is 1.62 bits per heavy atom. The second kappa shape index (κ2) is 5.53. The molecule has 1 aromatic rings. The van der Waals surface area contributed by atoms with Crippen molar-refractivity contribution in [2.75, 3.05) is 5.73 Å². The van der Waals surface area contributed by atoms with Gasteiger partial charge in [-0.2, -0.15) is 0 Å². The van der Waals surface area contributed by atoms with E-state index in [0.29, 0.717) is 12.5 Å². The minimum absolute atomic E-state index is 0.119. The maximum Gasteiger partial charge on any atom is 0.244 e. The van der Waals surface area contributed by atoms with Gasteiger partial charge in [0.15, 0.2) is 0 Å². The predicted molar refractivity (Wildman–Crippen MR) is 79.2 cm³/mol. The number of rotatable bonds is 4. The van der Waals surface area contributed by atoms with Crippen molar-refractivity contribution < 1.29 is 17.2 Å². The van der Waals surface area contributed by atoms with Crippen LogP contribution in [-0.4, -0.2) is 14.0 Å². The molecule has 21 heavy (non-hydrogen) atoms. The molecule has 0 spiro atoms. The van der Waals surface area contributed by atoms with E-state index in [1.807, 2.05) is 20.8 Å². The van der Waals surface area contributed by atoms with E-state index >= 15 is 0 Å². The van der Waals surface area contributed by atoms with E-state index in [9.17, 15) is 17.2 Å². The van der Waals surface area contributed by atoms with Gasteiger partial charge in [-0.1, -0.05) is 20.8 Å². The zero-order valence-electron chi connectivity index (χ0n) is 12.9. The number of sulfonamides is 1. The minimum Gasteiger partial charge on any atom is -0.396 e.